The molecule has 0 radical (unpaired) electrons. The van der Waals surface area contributed by atoms with Crippen molar-refractivity contribution in [2.24, 2.45) is 5.10 Å². The van der Waals surface area contributed by atoms with E-state index in [1.165, 1.54) is 37.7 Å². The lowest BCUT2D eigenvalue weighted by Gasteiger charge is -2.22. The van der Waals surface area contributed by atoms with Crippen molar-refractivity contribution in [2.45, 2.75) is 58.4 Å². The van der Waals surface area contributed by atoms with Gasteiger partial charge in [-0.1, -0.05) is 50.5 Å². The number of hydrogen-bond acceptors (Lipinski definition) is 3. The Hall–Kier alpha value is -1.68. The van der Waals surface area contributed by atoms with E-state index in [1.54, 1.807) is 0 Å². The number of carbonyl (C=O) groups excluding carboxylic acids is 1. The van der Waals surface area contributed by atoms with E-state index in [0.717, 1.165) is 17.7 Å². The molecule has 1 fully saturated rings. The van der Waals surface area contributed by atoms with E-state index >= 15 is 0 Å². The molecule has 4 heteroatoms. The van der Waals surface area contributed by atoms with E-state index in [-0.39, 0.29) is 5.91 Å². The molecule has 4 nitrogen and oxygen atoms in total. The first-order chi connectivity index (χ1) is 10.7. The minimum Gasteiger partial charge on any atom is -0.306 e. The zero-order valence-corrected chi connectivity index (χ0v) is 13.7. The molecule has 22 heavy (non-hydrogen) atoms. The Morgan fingerprint density at radius 2 is 1.86 bits per heavy atom. The first-order valence-corrected chi connectivity index (χ1v) is 8.35. The number of aryl methyl sites for hydroxylation is 1. The molecule has 0 heterocycles. The SMILES string of the molecule is CCc1ccc(/C(C)=N\NC(=O)CNC2CCCCC2)cc1. The summed E-state index contributed by atoms with van der Waals surface area (Å²) in [6.45, 7) is 4.39. The molecule has 1 aliphatic carbocycles. The molecule has 0 saturated heterocycles. The van der Waals surface area contributed by atoms with Crippen LogP contribution in [0, 0.1) is 0 Å². The maximum absolute atomic E-state index is 11.8. The molecule has 2 N–H and O–H groups in total. The van der Waals surface area contributed by atoms with Crippen LogP contribution in [0.15, 0.2) is 29.4 Å². The zero-order chi connectivity index (χ0) is 15.8. The van der Waals surface area contributed by atoms with Crippen molar-refractivity contribution in [1.29, 1.82) is 0 Å². The molecule has 0 unspecified atom stereocenters. The van der Waals surface area contributed by atoms with E-state index in [2.05, 4.69) is 34.9 Å². The maximum atomic E-state index is 11.8. The highest BCUT2D eigenvalue weighted by molar-refractivity contribution is 5.99. The molecule has 1 saturated carbocycles. The van der Waals surface area contributed by atoms with Crippen molar-refractivity contribution in [1.82, 2.24) is 10.7 Å². The summed E-state index contributed by atoms with van der Waals surface area (Å²) in [4.78, 5) is 11.8. The van der Waals surface area contributed by atoms with E-state index < -0.39 is 0 Å². The molecule has 1 amide bonds. The summed E-state index contributed by atoms with van der Waals surface area (Å²) in [6, 6.07) is 8.78. The molecule has 1 aromatic carbocycles. The van der Waals surface area contributed by atoms with Gasteiger partial charge >= 0.3 is 0 Å². The molecule has 0 bridgehead atoms. The average molecular weight is 301 g/mol. The molecule has 0 spiro atoms. The summed E-state index contributed by atoms with van der Waals surface area (Å²) in [7, 11) is 0. The second kappa shape index (κ2) is 8.69. The number of rotatable bonds is 6. The first kappa shape index (κ1) is 16.7. The zero-order valence-electron chi connectivity index (χ0n) is 13.7. The van der Waals surface area contributed by atoms with Crippen LogP contribution in [0.25, 0.3) is 0 Å². The van der Waals surface area contributed by atoms with Gasteiger partial charge in [-0.05, 0) is 37.3 Å². The normalized spacial score (nSPS) is 16.5. The van der Waals surface area contributed by atoms with Gasteiger partial charge in [0.15, 0.2) is 0 Å². The monoisotopic (exact) mass is 301 g/mol. The lowest BCUT2D eigenvalue weighted by atomic mass is 9.95. The second-order valence-electron chi connectivity index (χ2n) is 6.00. The Kier molecular flexibility index (Phi) is 6.59. The molecule has 1 aliphatic rings. The summed E-state index contributed by atoms with van der Waals surface area (Å²) in [5.41, 5.74) is 5.81. The fourth-order valence-electron chi connectivity index (χ4n) is 2.78. The largest absolute Gasteiger partial charge is 0.306 e. The Bertz CT molecular complexity index is 502. The highest BCUT2D eigenvalue weighted by Gasteiger charge is 2.13. The third-order valence-electron chi connectivity index (χ3n) is 4.28. The number of nitrogens with one attached hydrogen (secondary N) is 2. The lowest BCUT2D eigenvalue weighted by Crippen LogP contribution is -2.38. The van der Waals surface area contributed by atoms with Crippen molar-refractivity contribution in [3.05, 3.63) is 35.4 Å². The number of hydrogen-bond donors (Lipinski definition) is 2. The van der Waals surface area contributed by atoms with Gasteiger partial charge in [-0.3, -0.25) is 4.79 Å². The topological polar surface area (TPSA) is 53.5 Å². The summed E-state index contributed by atoms with van der Waals surface area (Å²) in [5.74, 6) is -0.0740. The van der Waals surface area contributed by atoms with E-state index in [1.807, 2.05) is 19.1 Å². The minimum absolute atomic E-state index is 0.0740. The van der Waals surface area contributed by atoms with E-state index in [0.29, 0.717) is 12.6 Å². The van der Waals surface area contributed by atoms with Gasteiger partial charge in [0.1, 0.15) is 0 Å². The van der Waals surface area contributed by atoms with Crippen molar-refractivity contribution in [3.63, 3.8) is 0 Å². The molecular formula is C18H27N3O. The standard InChI is InChI=1S/C18H27N3O/c1-3-15-9-11-16(12-10-15)14(2)20-21-18(22)13-19-17-7-5-4-6-8-17/h9-12,17,19H,3-8,13H2,1-2H3,(H,21,22)/b20-14-. The summed E-state index contributed by atoms with van der Waals surface area (Å²) >= 11 is 0. The Labute approximate surface area is 133 Å². The number of amides is 1. The average Bonchev–Trinajstić information content (AvgIpc) is 2.58. The molecular weight excluding hydrogens is 274 g/mol. The number of carbonyl (C=O) groups is 1. The van der Waals surface area contributed by atoms with Gasteiger partial charge in [-0.15, -0.1) is 0 Å². The Balaban J connectivity index is 1.77. The minimum atomic E-state index is -0.0740. The van der Waals surface area contributed by atoms with E-state index in [9.17, 15) is 4.79 Å². The first-order valence-electron chi connectivity index (χ1n) is 8.35. The van der Waals surface area contributed by atoms with Gasteiger partial charge in [-0.2, -0.15) is 5.10 Å². The smallest absolute Gasteiger partial charge is 0.254 e. The molecule has 2 rings (SSSR count). The number of hydrazone groups is 1. The van der Waals surface area contributed by atoms with Gasteiger partial charge in [0.2, 0.25) is 0 Å². The van der Waals surface area contributed by atoms with Gasteiger partial charge in [0, 0.05) is 6.04 Å². The quantitative estimate of drug-likeness (QED) is 0.627. The summed E-state index contributed by atoms with van der Waals surface area (Å²) < 4.78 is 0. The summed E-state index contributed by atoms with van der Waals surface area (Å²) in [5, 5.41) is 7.51. The fourth-order valence-corrected chi connectivity index (χ4v) is 2.78. The lowest BCUT2D eigenvalue weighted by molar-refractivity contribution is -0.120. The van der Waals surface area contributed by atoms with Gasteiger partial charge in [0.05, 0.1) is 12.3 Å². The molecule has 0 atom stereocenters. The van der Waals surface area contributed by atoms with Gasteiger partial charge < -0.3 is 5.32 Å². The highest BCUT2D eigenvalue weighted by Crippen LogP contribution is 2.16. The molecule has 1 aromatic rings. The van der Waals surface area contributed by atoms with Crippen molar-refractivity contribution < 1.29 is 4.79 Å². The fraction of sp³-hybridized carbons (Fsp3) is 0.556. The molecule has 0 aromatic heterocycles. The predicted molar refractivity (Wildman–Crippen MR) is 91.0 cm³/mol. The van der Waals surface area contributed by atoms with Crippen LogP contribution in [0.3, 0.4) is 0 Å². The number of nitrogens with zero attached hydrogens (tertiary/aromatic N) is 1. The van der Waals surface area contributed by atoms with Crippen LogP contribution in [-0.2, 0) is 11.2 Å². The Morgan fingerprint density at radius 3 is 2.50 bits per heavy atom. The molecule has 0 aliphatic heterocycles. The molecule has 120 valence electrons. The van der Waals surface area contributed by atoms with Crippen LogP contribution in [0.1, 0.15) is 57.1 Å². The third kappa shape index (κ3) is 5.26. The van der Waals surface area contributed by atoms with Crippen molar-refractivity contribution in [3.8, 4) is 0 Å². The van der Waals surface area contributed by atoms with Crippen LogP contribution < -0.4 is 10.7 Å². The van der Waals surface area contributed by atoms with Crippen molar-refractivity contribution >= 4 is 11.6 Å². The van der Waals surface area contributed by atoms with E-state index in [4.69, 9.17) is 0 Å². The van der Waals surface area contributed by atoms with Crippen LogP contribution in [0.2, 0.25) is 0 Å². The highest BCUT2D eigenvalue weighted by atomic mass is 16.2. The Morgan fingerprint density at radius 1 is 1.18 bits per heavy atom. The second-order valence-corrected chi connectivity index (χ2v) is 6.00. The van der Waals surface area contributed by atoms with Crippen LogP contribution in [0.5, 0.6) is 0 Å². The van der Waals surface area contributed by atoms with Crippen LogP contribution >= 0.6 is 0 Å². The predicted octanol–water partition coefficient (Wildman–Crippen LogP) is 3.01. The third-order valence-corrected chi connectivity index (χ3v) is 4.28. The van der Waals surface area contributed by atoms with Crippen LogP contribution in [0.4, 0.5) is 0 Å². The van der Waals surface area contributed by atoms with Crippen LogP contribution in [-0.4, -0.2) is 24.2 Å². The number of benzene rings is 1. The van der Waals surface area contributed by atoms with Gasteiger partial charge in [0.25, 0.3) is 5.91 Å². The summed E-state index contributed by atoms with van der Waals surface area (Å²) in [6.07, 6.45) is 7.25. The van der Waals surface area contributed by atoms with Crippen molar-refractivity contribution in [2.75, 3.05) is 6.54 Å². The maximum Gasteiger partial charge on any atom is 0.254 e. The van der Waals surface area contributed by atoms with Gasteiger partial charge in [-0.25, -0.2) is 5.43 Å².